The molecule has 0 bridgehead atoms. The van der Waals surface area contributed by atoms with Crippen LogP contribution in [0.5, 0.6) is 0 Å². The summed E-state index contributed by atoms with van der Waals surface area (Å²) in [4.78, 5) is 12.1. The van der Waals surface area contributed by atoms with Crippen LogP contribution in [0.3, 0.4) is 0 Å². The first kappa shape index (κ1) is 6.87. The van der Waals surface area contributed by atoms with Gasteiger partial charge in [-0.05, 0) is 24.3 Å². The van der Waals surface area contributed by atoms with Crippen molar-refractivity contribution in [3.8, 4) is 0 Å². The van der Waals surface area contributed by atoms with Crippen LogP contribution in [0.4, 0.5) is 0 Å². The molecule has 1 rings (SSSR count). The monoisotopic (exact) mass is 142 g/mol. The minimum atomic E-state index is 0.227. The lowest BCUT2D eigenvalue weighted by Crippen LogP contribution is -2.07. The van der Waals surface area contributed by atoms with E-state index in [2.05, 4.69) is 0 Å². The van der Waals surface area contributed by atoms with Gasteiger partial charge in [0, 0.05) is 0 Å². The van der Waals surface area contributed by atoms with Crippen molar-refractivity contribution >= 4 is 17.5 Å². The molecule has 1 atom stereocenters. The van der Waals surface area contributed by atoms with Crippen molar-refractivity contribution in [1.29, 1.82) is 0 Å². The predicted molar refractivity (Wildman–Crippen MR) is 40.4 cm³/mol. The van der Waals surface area contributed by atoms with Gasteiger partial charge in [0.2, 0.25) is 0 Å². The highest BCUT2D eigenvalue weighted by atomic mass is 32.2. The van der Waals surface area contributed by atoms with Gasteiger partial charge in [-0.3, -0.25) is 4.79 Å². The average Bonchev–Trinajstić information content (AvgIpc) is 2.10. The molecule has 1 unspecified atom stereocenters. The molecule has 0 saturated carbocycles. The lowest BCUT2D eigenvalue weighted by molar-refractivity contribution is -0.114. The highest BCUT2D eigenvalue weighted by Crippen LogP contribution is 2.30. The molecular formula is C7H10OS. The second kappa shape index (κ2) is 2.56. The van der Waals surface area contributed by atoms with Crippen LogP contribution in [-0.2, 0) is 4.79 Å². The Balaban J connectivity index is 2.60. The van der Waals surface area contributed by atoms with Crippen LogP contribution >= 0.6 is 11.8 Å². The number of ketones is 1. The second-order valence-corrected chi connectivity index (χ2v) is 3.62. The van der Waals surface area contributed by atoms with Crippen LogP contribution in [0.25, 0.3) is 0 Å². The average molecular weight is 142 g/mol. The fourth-order valence-corrected chi connectivity index (χ4v) is 1.88. The van der Waals surface area contributed by atoms with Gasteiger partial charge in [0.05, 0.1) is 5.25 Å². The Bertz CT molecular complexity index is 160. The minimum Gasteiger partial charge on any atom is -0.294 e. The molecule has 50 valence electrons. The first-order valence-corrected chi connectivity index (χ1v) is 4.00. The quantitative estimate of drug-likeness (QED) is 0.557. The van der Waals surface area contributed by atoms with E-state index in [1.165, 1.54) is 0 Å². The lowest BCUT2D eigenvalue weighted by atomic mass is 10.2. The number of carbonyl (C=O) groups is 1. The lowest BCUT2D eigenvalue weighted by Gasteiger charge is -2.00. The van der Waals surface area contributed by atoms with E-state index in [9.17, 15) is 4.79 Å². The van der Waals surface area contributed by atoms with Crippen molar-refractivity contribution in [1.82, 2.24) is 0 Å². The summed E-state index contributed by atoms with van der Waals surface area (Å²) in [6.07, 6.45) is 2.69. The molecule has 0 amide bonds. The van der Waals surface area contributed by atoms with Gasteiger partial charge in [-0.15, -0.1) is 11.8 Å². The Hall–Kier alpha value is -0.240. The molecule has 1 nitrogen and oxygen atoms in total. The van der Waals surface area contributed by atoms with Crippen molar-refractivity contribution in [3.63, 3.8) is 0 Å². The minimum absolute atomic E-state index is 0.227. The van der Waals surface area contributed by atoms with Gasteiger partial charge in [-0.1, -0.05) is 6.92 Å². The summed E-state index contributed by atoms with van der Waals surface area (Å²) < 4.78 is 0. The van der Waals surface area contributed by atoms with Crippen LogP contribution in [0.2, 0.25) is 0 Å². The number of hydrogen-bond acceptors (Lipinski definition) is 2. The van der Waals surface area contributed by atoms with Crippen molar-refractivity contribution in [2.75, 3.05) is 0 Å². The highest BCUT2D eigenvalue weighted by Gasteiger charge is 2.21. The summed E-state index contributed by atoms with van der Waals surface area (Å²) in [5.74, 6) is 0.292. The van der Waals surface area contributed by atoms with Crippen LogP contribution in [0.1, 0.15) is 20.3 Å². The summed E-state index contributed by atoms with van der Waals surface area (Å²) in [6.45, 7) is 4.03. The fourth-order valence-electron chi connectivity index (χ4n) is 0.894. The van der Waals surface area contributed by atoms with E-state index >= 15 is 0 Å². The molecule has 0 spiro atoms. The van der Waals surface area contributed by atoms with Gasteiger partial charge in [0.25, 0.3) is 0 Å². The van der Waals surface area contributed by atoms with E-state index in [4.69, 9.17) is 0 Å². The number of rotatable bonds is 1. The Labute approximate surface area is 59.5 Å². The third kappa shape index (κ3) is 1.36. The van der Waals surface area contributed by atoms with Gasteiger partial charge in [0.1, 0.15) is 0 Å². The maximum Gasteiger partial charge on any atom is 0.169 e. The SMILES string of the molecule is CCC1SC(C)=CC1=O. The molecule has 1 aliphatic heterocycles. The highest BCUT2D eigenvalue weighted by molar-refractivity contribution is 8.04. The smallest absolute Gasteiger partial charge is 0.169 e. The zero-order valence-electron chi connectivity index (χ0n) is 5.68. The third-order valence-corrected chi connectivity index (χ3v) is 2.70. The largest absolute Gasteiger partial charge is 0.294 e. The summed E-state index contributed by atoms with van der Waals surface area (Å²) in [7, 11) is 0. The van der Waals surface area contributed by atoms with Crippen molar-refractivity contribution < 1.29 is 4.79 Å². The van der Waals surface area contributed by atoms with Crippen LogP contribution in [0.15, 0.2) is 11.0 Å². The first-order valence-electron chi connectivity index (χ1n) is 3.13. The fraction of sp³-hybridized carbons (Fsp3) is 0.571. The summed E-state index contributed by atoms with van der Waals surface area (Å²) in [5, 5.41) is 0.227. The zero-order chi connectivity index (χ0) is 6.85. The van der Waals surface area contributed by atoms with E-state index in [-0.39, 0.29) is 5.25 Å². The number of hydrogen-bond donors (Lipinski definition) is 0. The molecule has 9 heavy (non-hydrogen) atoms. The number of carbonyl (C=O) groups excluding carboxylic acids is 1. The van der Waals surface area contributed by atoms with Crippen molar-refractivity contribution in [2.24, 2.45) is 0 Å². The normalized spacial score (nSPS) is 26.7. The molecule has 0 fully saturated rings. The zero-order valence-corrected chi connectivity index (χ0v) is 6.49. The van der Waals surface area contributed by atoms with Crippen LogP contribution in [-0.4, -0.2) is 11.0 Å². The van der Waals surface area contributed by atoms with E-state index in [0.29, 0.717) is 5.78 Å². The van der Waals surface area contributed by atoms with Gasteiger partial charge < -0.3 is 0 Å². The number of allylic oxidation sites excluding steroid dienone is 2. The summed E-state index contributed by atoms with van der Waals surface area (Å²) >= 11 is 1.69. The Morgan fingerprint density at radius 3 is 2.67 bits per heavy atom. The Morgan fingerprint density at radius 2 is 2.44 bits per heavy atom. The second-order valence-electron chi connectivity index (χ2n) is 2.17. The van der Waals surface area contributed by atoms with Gasteiger partial charge in [0.15, 0.2) is 5.78 Å². The number of thioether (sulfide) groups is 1. The predicted octanol–water partition coefficient (Wildman–Crippen LogP) is 1.98. The Morgan fingerprint density at radius 1 is 1.78 bits per heavy atom. The molecular weight excluding hydrogens is 132 g/mol. The third-order valence-electron chi connectivity index (χ3n) is 1.36. The van der Waals surface area contributed by atoms with Crippen LogP contribution < -0.4 is 0 Å². The molecule has 0 aliphatic carbocycles. The summed E-state index contributed by atoms with van der Waals surface area (Å²) in [5.41, 5.74) is 0. The molecule has 0 aromatic heterocycles. The van der Waals surface area contributed by atoms with E-state index in [1.807, 2.05) is 13.8 Å². The molecule has 0 aromatic carbocycles. The maximum absolute atomic E-state index is 10.9. The summed E-state index contributed by atoms with van der Waals surface area (Å²) in [6, 6.07) is 0. The van der Waals surface area contributed by atoms with Crippen molar-refractivity contribution in [3.05, 3.63) is 11.0 Å². The standard InChI is InChI=1S/C7H10OS/c1-3-7-6(8)4-5(2)9-7/h4,7H,3H2,1-2H3. The molecule has 1 heterocycles. The van der Waals surface area contributed by atoms with E-state index in [0.717, 1.165) is 11.3 Å². The Kier molecular flexibility index (Phi) is 1.96. The molecule has 1 aliphatic rings. The first-order chi connectivity index (χ1) is 4.24. The topological polar surface area (TPSA) is 17.1 Å². The van der Waals surface area contributed by atoms with Crippen LogP contribution in [0, 0.1) is 0 Å². The maximum atomic E-state index is 10.9. The van der Waals surface area contributed by atoms with Gasteiger partial charge >= 0.3 is 0 Å². The van der Waals surface area contributed by atoms with E-state index in [1.54, 1.807) is 17.8 Å². The van der Waals surface area contributed by atoms with Gasteiger partial charge in [-0.2, -0.15) is 0 Å². The molecule has 0 aromatic rings. The molecule has 0 radical (unpaired) electrons. The van der Waals surface area contributed by atoms with Gasteiger partial charge in [-0.25, -0.2) is 0 Å². The van der Waals surface area contributed by atoms with E-state index < -0.39 is 0 Å². The molecule has 2 heteroatoms. The van der Waals surface area contributed by atoms with Crippen molar-refractivity contribution in [2.45, 2.75) is 25.5 Å². The molecule has 0 N–H and O–H groups in total. The molecule has 0 saturated heterocycles.